The van der Waals surface area contributed by atoms with Crippen molar-refractivity contribution in [3.63, 3.8) is 0 Å². The largest absolute Gasteiger partial charge is 0.481 e. The van der Waals surface area contributed by atoms with Crippen LogP contribution in [0, 0.1) is 11.8 Å². The van der Waals surface area contributed by atoms with Crippen LogP contribution in [-0.4, -0.2) is 30.2 Å². The molecule has 1 aliphatic carbocycles. The van der Waals surface area contributed by atoms with Crippen molar-refractivity contribution in [3.05, 3.63) is 0 Å². The molecule has 0 aliphatic heterocycles. The maximum atomic E-state index is 11.5. The zero-order valence-corrected chi connectivity index (χ0v) is 11.1. The monoisotopic (exact) mass is 256 g/mol. The van der Waals surface area contributed by atoms with Gasteiger partial charge >= 0.3 is 12.0 Å². The Hall–Kier alpha value is -1.26. The lowest BCUT2D eigenvalue weighted by Crippen LogP contribution is -2.39. The zero-order chi connectivity index (χ0) is 13.4. The van der Waals surface area contributed by atoms with E-state index in [4.69, 9.17) is 5.11 Å². The third kappa shape index (κ3) is 6.47. The van der Waals surface area contributed by atoms with Crippen LogP contribution in [0.5, 0.6) is 0 Å². The van der Waals surface area contributed by atoms with Gasteiger partial charge in [0.2, 0.25) is 0 Å². The third-order valence-electron chi connectivity index (χ3n) is 3.49. The molecular weight excluding hydrogens is 232 g/mol. The van der Waals surface area contributed by atoms with Crippen LogP contribution in [0.4, 0.5) is 4.79 Å². The van der Waals surface area contributed by atoms with Crippen molar-refractivity contribution in [1.82, 2.24) is 10.6 Å². The van der Waals surface area contributed by atoms with Crippen LogP contribution in [0.1, 0.15) is 45.4 Å². The molecule has 1 saturated carbocycles. The van der Waals surface area contributed by atoms with E-state index in [1.807, 2.05) is 6.92 Å². The van der Waals surface area contributed by atoms with E-state index in [9.17, 15) is 9.59 Å². The highest BCUT2D eigenvalue weighted by Crippen LogP contribution is 2.23. The second-order valence-electron chi connectivity index (χ2n) is 5.28. The van der Waals surface area contributed by atoms with Gasteiger partial charge in [-0.3, -0.25) is 4.79 Å². The summed E-state index contributed by atoms with van der Waals surface area (Å²) in [4.78, 5) is 21.9. The smallest absolute Gasteiger partial charge is 0.314 e. The highest BCUT2D eigenvalue weighted by Gasteiger charge is 2.15. The van der Waals surface area contributed by atoms with E-state index in [0.717, 1.165) is 6.54 Å². The quantitative estimate of drug-likeness (QED) is 0.651. The Bertz CT molecular complexity index is 275. The van der Waals surface area contributed by atoms with E-state index >= 15 is 0 Å². The summed E-state index contributed by atoms with van der Waals surface area (Å²) in [7, 11) is 0. The van der Waals surface area contributed by atoms with Gasteiger partial charge in [0.15, 0.2) is 0 Å². The summed E-state index contributed by atoms with van der Waals surface area (Å²) >= 11 is 0. The van der Waals surface area contributed by atoms with E-state index in [1.54, 1.807) is 0 Å². The minimum Gasteiger partial charge on any atom is -0.481 e. The lowest BCUT2D eigenvalue weighted by atomic mass is 10.1. The first-order valence-electron chi connectivity index (χ1n) is 6.81. The summed E-state index contributed by atoms with van der Waals surface area (Å²) in [5.74, 6) is 0.0473. The number of nitrogens with one attached hydrogen (secondary N) is 2. The molecule has 2 amide bonds. The molecule has 5 nitrogen and oxygen atoms in total. The molecule has 0 aromatic carbocycles. The summed E-state index contributed by atoms with van der Waals surface area (Å²) in [5.41, 5.74) is 0. The van der Waals surface area contributed by atoms with Crippen LogP contribution < -0.4 is 10.6 Å². The average molecular weight is 256 g/mol. The van der Waals surface area contributed by atoms with Gasteiger partial charge < -0.3 is 15.7 Å². The Balaban J connectivity index is 2.03. The number of hydrogen-bond donors (Lipinski definition) is 3. The van der Waals surface area contributed by atoms with Crippen molar-refractivity contribution in [2.45, 2.75) is 45.4 Å². The summed E-state index contributed by atoms with van der Waals surface area (Å²) in [6.45, 7) is 3.24. The Morgan fingerprint density at radius 2 is 1.94 bits per heavy atom. The number of carbonyl (C=O) groups is 2. The first kappa shape index (κ1) is 14.8. The molecule has 1 rings (SSSR count). The SMILES string of the molecule is CC(CCC(=O)O)CNC(=O)NCC1CCCC1. The number of carbonyl (C=O) groups excluding carboxylic acids is 1. The maximum absolute atomic E-state index is 11.5. The van der Waals surface area contributed by atoms with E-state index in [0.29, 0.717) is 18.9 Å². The van der Waals surface area contributed by atoms with Crippen molar-refractivity contribution in [1.29, 1.82) is 0 Å². The van der Waals surface area contributed by atoms with E-state index < -0.39 is 5.97 Å². The normalized spacial score (nSPS) is 17.4. The highest BCUT2D eigenvalue weighted by molar-refractivity contribution is 5.73. The van der Waals surface area contributed by atoms with Gasteiger partial charge in [0.05, 0.1) is 0 Å². The average Bonchev–Trinajstić information content (AvgIpc) is 2.84. The molecule has 3 N–H and O–H groups in total. The first-order chi connectivity index (χ1) is 8.58. The number of carboxylic acid groups (broad SMARTS) is 1. The molecule has 0 heterocycles. The summed E-state index contributed by atoms with van der Waals surface area (Å²) in [5, 5.41) is 14.2. The minimum absolute atomic E-state index is 0.135. The molecule has 18 heavy (non-hydrogen) atoms. The van der Waals surface area contributed by atoms with Crippen molar-refractivity contribution >= 4 is 12.0 Å². The molecule has 1 aliphatic rings. The lowest BCUT2D eigenvalue weighted by Gasteiger charge is -2.14. The van der Waals surface area contributed by atoms with Gasteiger partial charge in [0.25, 0.3) is 0 Å². The van der Waals surface area contributed by atoms with Gasteiger partial charge in [-0.2, -0.15) is 0 Å². The number of rotatable bonds is 7. The van der Waals surface area contributed by atoms with E-state index in [1.165, 1.54) is 25.7 Å². The number of urea groups is 1. The van der Waals surface area contributed by atoms with Crippen molar-refractivity contribution in [2.75, 3.05) is 13.1 Å². The van der Waals surface area contributed by atoms with Crippen molar-refractivity contribution < 1.29 is 14.7 Å². The maximum Gasteiger partial charge on any atom is 0.314 e. The van der Waals surface area contributed by atoms with Gasteiger partial charge in [-0.15, -0.1) is 0 Å². The zero-order valence-electron chi connectivity index (χ0n) is 11.1. The van der Waals surface area contributed by atoms with E-state index in [-0.39, 0.29) is 18.4 Å². The van der Waals surface area contributed by atoms with Crippen LogP contribution in [0.2, 0.25) is 0 Å². The topological polar surface area (TPSA) is 78.4 Å². The summed E-state index contributed by atoms with van der Waals surface area (Å²) < 4.78 is 0. The fraction of sp³-hybridized carbons (Fsp3) is 0.846. The molecule has 5 heteroatoms. The molecule has 1 atom stereocenters. The van der Waals surface area contributed by atoms with Crippen LogP contribution >= 0.6 is 0 Å². The number of hydrogen-bond acceptors (Lipinski definition) is 2. The van der Waals surface area contributed by atoms with Crippen LogP contribution in [0.3, 0.4) is 0 Å². The van der Waals surface area contributed by atoms with Gasteiger partial charge in [-0.1, -0.05) is 19.8 Å². The van der Waals surface area contributed by atoms with Crippen molar-refractivity contribution in [3.8, 4) is 0 Å². The highest BCUT2D eigenvalue weighted by atomic mass is 16.4. The van der Waals surface area contributed by atoms with Crippen molar-refractivity contribution in [2.24, 2.45) is 11.8 Å². The molecule has 1 unspecified atom stereocenters. The third-order valence-corrected chi connectivity index (χ3v) is 3.49. The molecule has 0 aromatic rings. The van der Waals surface area contributed by atoms with Gasteiger partial charge in [0.1, 0.15) is 0 Å². The molecule has 104 valence electrons. The summed E-state index contributed by atoms with van der Waals surface area (Å²) in [6.07, 6.45) is 5.75. The van der Waals surface area contributed by atoms with Crippen LogP contribution in [-0.2, 0) is 4.79 Å². The molecule has 1 fully saturated rings. The van der Waals surface area contributed by atoms with Gasteiger partial charge in [0, 0.05) is 19.5 Å². The minimum atomic E-state index is -0.785. The fourth-order valence-electron chi connectivity index (χ4n) is 2.25. The van der Waals surface area contributed by atoms with Crippen LogP contribution in [0.25, 0.3) is 0 Å². The number of aliphatic carboxylic acids is 1. The molecule has 0 saturated heterocycles. The molecule has 0 radical (unpaired) electrons. The second kappa shape index (κ2) is 7.95. The fourth-order valence-corrected chi connectivity index (χ4v) is 2.25. The molecular formula is C13H24N2O3. The number of amides is 2. The molecule has 0 spiro atoms. The number of carboxylic acids is 1. The Labute approximate surface area is 108 Å². The van der Waals surface area contributed by atoms with E-state index in [2.05, 4.69) is 10.6 Å². The first-order valence-corrected chi connectivity index (χ1v) is 6.81. The Kier molecular flexibility index (Phi) is 6.54. The predicted molar refractivity (Wildman–Crippen MR) is 69.4 cm³/mol. The Morgan fingerprint density at radius 1 is 1.28 bits per heavy atom. The van der Waals surface area contributed by atoms with Gasteiger partial charge in [-0.25, -0.2) is 4.79 Å². The standard InChI is InChI=1S/C13H24N2O3/c1-10(6-7-12(16)17)8-14-13(18)15-9-11-4-2-3-5-11/h10-11H,2-9H2,1H3,(H,16,17)(H2,14,15,18). The Morgan fingerprint density at radius 3 is 2.56 bits per heavy atom. The molecule has 0 bridgehead atoms. The van der Waals surface area contributed by atoms with Crippen LogP contribution in [0.15, 0.2) is 0 Å². The predicted octanol–water partition coefficient (Wildman–Crippen LogP) is 1.98. The van der Waals surface area contributed by atoms with Gasteiger partial charge in [-0.05, 0) is 31.1 Å². The molecule has 0 aromatic heterocycles. The second-order valence-corrected chi connectivity index (χ2v) is 5.28. The lowest BCUT2D eigenvalue weighted by molar-refractivity contribution is -0.137. The summed E-state index contributed by atoms with van der Waals surface area (Å²) in [6, 6.07) is -0.135.